The van der Waals surface area contributed by atoms with Crippen molar-refractivity contribution in [3.63, 3.8) is 0 Å². The van der Waals surface area contributed by atoms with E-state index in [1.165, 1.54) is 22.2 Å². The van der Waals surface area contributed by atoms with Crippen LogP contribution in [0.15, 0.2) is 24.3 Å². The molecule has 0 aliphatic carbocycles. The number of nitrogens with one attached hydrogen (secondary N) is 2. The van der Waals surface area contributed by atoms with Gasteiger partial charge in [0, 0.05) is 30.1 Å². The van der Waals surface area contributed by atoms with Crippen LogP contribution in [-0.4, -0.2) is 17.4 Å². The third kappa shape index (κ3) is 3.37. The number of aromatic nitrogens is 1. The predicted octanol–water partition coefficient (Wildman–Crippen LogP) is 3.19. The van der Waals surface area contributed by atoms with Crippen molar-refractivity contribution in [1.29, 1.82) is 0 Å². The first-order valence-corrected chi connectivity index (χ1v) is 7.05. The zero-order valence-electron chi connectivity index (χ0n) is 11.8. The summed E-state index contributed by atoms with van der Waals surface area (Å²) in [4.78, 5) is 14.4. The van der Waals surface area contributed by atoms with Crippen LogP contribution in [-0.2, 0) is 17.6 Å². The Bertz CT molecular complexity index is 557. The van der Waals surface area contributed by atoms with Gasteiger partial charge in [0.15, 0.2) is 0 Å². The molecule has 2 rings (SSSR count). The fraction of sp³-hybridized carbons (Fsp3) is 0.438. The lowest BCUT2D eigenvalue weighted by Gasteiger charge is -2.04. The van der Waals surface area contributed by atoms with Gasteiger partial charge in [-0.05, 0) is 30.9 Å². The van der Waals surface area contributed by atoms with Crippen molar-refractivity contribution in [2.24, 2.45) is 0 Å². The Morgan fingerprint density at radius 2 is 2.05 bits per heavy atom. The minimum Gasteiger partial charge on any atom is -0.358 e. The second kappa shape index (κ2) is 6.41. The molecule has 2 aromatic rings. The van der Waals surface area contributed by atoms with Crippen LogP contribution in [0.25, 0.3) is 10.9 Å². The zero-order chi connectivity index (χ0) is 13.7. The van der Waals surface area contributed by atoms with Crippen molar-refractivity contribution in [3.05, 3.63) is 35.5 Å². The molecule has 0 unspecified atom stereocenters. The van der Waals surface area contributed by atoms with Crippen molar-refractivity contribution in [1.82, 2.24) is 10.3 Å². The van der Waals surface area contributed by atoms with Gasteiger partial charge < -0.3 is 10.3 Å². The SMILES string of the molecule is CCCc1c(CCCNC(C)=O)[nH]c2ccccc12. The Morgan fingerprint density at radius 3 is 2.79 bits per heavy atom. The average Bonchev–Trinajstić information content (AvgIpc) is 2.74. The molecule has 0 bridgehead atoms. The standard InChI is InChI=1S/C16H22N2O/c1-3-7-13-14-8-4-5-9-15(14)18-16(13)10-6-11-17-12(2)19/h4-5,8-9,18H,3,6-7,10-11H2,1-2H3,(H,17,19). The van der Waals surface area contributed by atoms with E-state index in [1.807, 2.05) is 0 Å². The number of aryl methyl sites for hydroxylation is 2. The number of para-hydroxylation sites is 1. The van der Waals surface area contributed by atoms with E-state index in [-0.39, 0.29) is 5.91 Å². The van der Waals surface area contributed by atoms with Gasteiger partial charge in [0.25, 0.3) is 0 Å². The molecule has 0 saturated heterocycles. The molecule has 0 atom stereocenters. The molecule has 1 aromatic carbocycles. The van der Waals surface area contributed by atoms with Gasteiger partial charge in [-0.2, -0.15) is 0 Å². The number of H-pyrrole nitrogens is 1. The molecule has 3 nitrogen and oxygen atoms in total. The number of hydrogen-bond acceptors (Lipinski definition) is 1. The van der Waals surface area contributed by atoms with Crippen molar-refractivity contribution >= 4 is 16.8 Å². The van der Waals surface area contributed by atoms with E-state index >= 15 is 0 Å². The number of carbonyl (C=O) groups excluding carboxylic acids is 1. The molecule has 0 fully saturated rings. The molecule has 102 valence electrons. The third-order valence-electron chi connectivity index (χ3n) is 3.38. The Balaban J connectivity index is 2.12. The second-order valence-corrected chi connectivity index (χ2v) is 4.96. The maximum Gasteiger partial charge on any atom is 0.216 e. The van der Waals surface area contributed by atoms with E-state index in [9.17, 15) is 4.79 Å². The highest BCUT2D eigenvalue weighted by atomic mass is 16.1. The van der Waals surface area contributed by atoms with Crippen LogP contribution in [0.2, 0.25) is 0 Å². The largest absolute Gasteiger partial charge is 0.358 e. The number of aromatic amines is 1. The molecular formula is C16H22N2O. The summed E-state index contributed by atoms with van der Waals surface area (Å²) in [5.41, 5.74) is 4.00. The fourth-order valence-electron chi connectivity index (χ4n) is 2.53. The smallest absolute Gasteiger partial charge is 0.216 e. The van der Waals surface area contributed by atoms with Gasteiger partial charge in [0.05, 0.1) is 0 Å². The van der Waals surface area contributed by atoms with E-state index in [0.29, 0.717) is 0 Å². The second-order valence-electron chi connectivity index (χ2n) is 4.96. The van der Waals surface area contributed by atoms with Crippen LogP contribution in [0.3, 0.4) is 0 Å². The summed E-state index contributed by atoms with van der Waals surface area (Å²) >= 11 is 0. The predicted molar refractivity (Wildman–Crippen MR) is 79.3 cm³/mol. The Labute approximate surface area is 114 Å². The Kier molecular flexibility index (Phi) is 4.61. The highest BCUT2D eigenvalue weighted by Crippen LogP contribution is 2.24. The summed E-state index contributed by atoms with van der Waals surface area (Å²) in [6, 6.07) is 8.48. The minimum atomic E-state index is 0.0467. The van der Waals surface area contributed by atoms with Crippen LogP contribution >= 0.6 is 0 Å². The zero-order valence-corrected chi connectivity index (χ0v) is 11.8. The summed E-state index contributed by atoms with van der Waals surface area (Å²) < 4.78 is 0. The molecule has 1 heterocycles. The summed E-state index contributed by atoms with van der Waals surface area (Å²) in [6.07, 6.45) is 4.23. The van der Waals surface area contributed by atoms with Crippen LogP contribution in [0.5, 0.6) is 0 Å². The van der Waals surface area contributed by atoms with E-state index in [0.717, 1.165) is 32.2 Å². The van der Waals surface area contributed by atoms with Gasteiger partial charge in [-0.1, -0.05) is 31.5 Å². The molecule has 1 amide bonds. The first kappa shape index (κ1) is 13.7. The monoisotopic (exact) mass is 258 g/mol. The van der Waals surface area contributed by atoms with Crippen LogP contribution in [0.4, 0.5) is 0 Å². The normalized spacial score (nSPS) is 10.8. The van der Waals surface area contributed by atoms with E-state index in [2.05, 4.69) is 41.5 Å². The van der Waals surface area contributed by atoms with Crippen LogP contribution in [0, 0.1) is 0 Å². The van der Waals surface area contributed by atoms with Gasteiger partial charge in [0.1, 0.15) is 0 Å². The average molecular weight is 258 g/mol. The van der Waals surface area contributed by atoms with Gasteiger partial charge in [0.2, 0.25) is 5.91 Å². The van der Waals surface area contributed by atoms with E-state index in [1.54, 1.807) is 6.92 Å². The highest BCUT2D eigenvalue weighted by Gasteiger charge is 2.09. The van der Waals surface area contributed by atoms with E-state index in [4.69, 9.17) is 0 Å². The molecule has 19 heavy (non-hydrogen) atoms. The van der Waals surface area contributed by atoms with Gasteiger partial charge in [-0.15, -0.1) is 0 Å². The lowest BCUT2D eigenvalue weighted by Crippen LogP contribution is -2.21. The number of hydrogen-bond donors (Lipinski definition) is 2. The van der Waals surface area contributed by atoms with Crippen LogP contribution in [0.1, 0.15) is 37.9 Å². The Hall–Kier alpha value is -1.77. The molecule has 0 aliphatic rings. The number of amides is 1. The lowest BCUT2D eigenvalue weighted by atomic mass is 10.0. The van der Waals surface area contributed by atoms with Crippen molar-refractivity contribution < 1.29 is 4.79 Å². The van der Waals surface area contributed by atoms with Gasteiger partial charge >= 0.3 is 0 Å². The molecule has 0 radical (unpaired) electrons. The van der Waals surface area contributed by atoms with Crippen molar-refractivity contribution in [3.8, 4) is 0 Å². The van der Waals surface area contributed by atoms with Crippen LogP contribution < -0.4 is 5.32 Å². The molecule has 3 heteroatoms. The van der Waals surface area contributed by atoms with Gasteiger partial charge in [-0.3, -0.25) is 4.79 Å². The minimum absolute atomic E-state index is 0.0467. The summed E-state index contributed by atoms with van der Waals surface area (Å²) in [5, 5.41) is 4.19. The topological polar surface area (TPSA) is 44.9 Å². The molecular weight excluding hydrogens is 236 g/mol. The number of rotatable bonds is 6. The first-order chi connectivity index (χ1) is 9.22. The third-order valence-corrected chi connectivity index (χ3v) is 3.38. The van der Waals surface area contributed by atoms with Gasteiger partial charge in [-0.25, -0.2) is 0 Å². The van der Waals surface area contributed by atoms with Crippen molar-refractivity contribution in [2.75, 3.05) is 6.54 Å². The first-order valence-electron chi connectivity index (χ1n) is 7.05. The number of carbonyl (C=O) groups is 1. The molecule has 0 saturated carbocycles. The summed E-state index contributed by atoms with van der Waals surface area (Å²) in [7, 11) is 0. The van der Waals surface area contributed by atoms with Crippen molar-refractivity contribution in [2.45, 2.75) is 39.5 Å². The number of fused-ring (bicyclic) bond motifs is 1. The maximum absolute atomic E-state index is 10.8. The Morgan fingerprint density at radius 1 is 1.26 bits per heavy atom. The van der Waals surface area contributed by atoms with E-state index < -0.39 is 0 Å². The molecule has 0 spiro atoms. The molecule has 1 aromatic heterocycles. The molecule has 0 aliphatic heterocycles. The summed E-state index contributed by atoms with van der Waals surface area (Å²) in [6.45, 7) is 4.52. The lowest BCUT2D eigenvalue weighted by molar-refractivity contribution is -0.118. The highest BCUT2D eigenvalue weighted by molar-refractivity contribution is 5.84. The molecule has 2 N–H and O–H groups in total. The maximum atomic E-state index is 10.8. The number of benzene rings is 1. The quantitative estimate of drug-likeness (QED) is 0.768. The fourth-order valence-corrected chi connectivity index (χ4v) is 2.53. The summed E-state index contributed by atoms with van der Waals surface area (Å²) in [5.74, 6) is 0.0467.